The van der Waals surface area contributed by atoms with E-state index in [0.717, 1.165) is 5.52 Å². The number of halogens is 1. The third kappa shape index (κ3) is 2.98. The molecule has 3 rings (SSSR count). The van der Waals surface area contributed by atoms with E-state index in [1.165, 1.54) is 19.4 Å². The molecule has 0 aliphatic rings. The van der Waals surface area contributed by atoms with Gasteiger partial charge in [0.25, 0.3) is 5.56 Å². The highest BCUT2D eigenvalue weighted by Gasteiger charge is 2.17. The summed E-state index contributed by atoms with van der Waals surface area (Å²) >= 11 is 5.96. The number of anilines is 2. The van der Waals surface area contributed by atoms with Crippen molar-refractivity contribution in [2.24, 2.45) is 7.05 Å². The van der Waals surface area contributed by atoms with Crippen LogP contribution in [0, 0.1) is 0 Å². The Bertz CT molecular complexity index is 1020. The van der Waals surface area contributed by atoms with Gasteiger partial charge in [-0.2, -0.15) is 0 Å². The largest absolute Gasteiger partial charge is 0.465 e. The molecule has 8 heteroatoms. The summed E-state index contributed by atoms with van der Waals surface area (Å²) in [6, 6.07) is 3.40. The lowest BCUT2D eigenvalue weighted by atomic mass is 10.2. The molecule has 130 valence electrons. The van der Waals surface area contributed by atoms with Crippen LogP contribution in [0.1, 0.15) is 17.3 Å². The van der Waals surface area contributed by atoms with Crippen molar-refractivity contribution in [1.29, 1.82) is 0 Å². The molecule has 0 bridgehead atoms. The van der Waals surface area contributed by atoms with Crippen LogP contribution in [0.2, 0.25) is 5.15 Å². The highest BCUT2D eigenvalue weighted by molar-refractivity contribution is 6.29. The topological polar surface area (TPSA) is 78.2 Å². The standard InChI is InChI=1S/C17H17ClN4O3/c1-4-22-6-5-13-15(16(22)23)12(9-21(13)2)20-11-7-14(18)19-8-10(11)17(24)25-3/h5-9H,4H2,1-3H3,(H,19,20). The molecule has 0 saturated carbocycles. The fraction of sp³-hybridized carbons (Fsp3) is 0.235. The molecular formula is C17H17ClN4O3. The lowest BCUT2D eigenvalue weighted by molar-refractivity contribution is 0.0601. The molecule has 0 amide bonds. The van der Waals surface area contributed by atoms with Gasteiger partial charge in [0.15, 0.2) is 0 Å². The van der Waals surface area contributed by atoms with Crippen LogP contribution in [0.4, 0.5) is 11.4 Å². The quantitative estimate of drug-likeness (QED) is 0.571. The molecule has 25 heavy (non-hydrogen) atoms. The van der Waals surface area contributed by atoms with E-state index in [0.29, 0.717) is 23.3 Å². The highest BCUT2D eigenvalue weighted by atomic mass is 35.5. The second kappa shape index (κ2) is 6.60. The number of nitrogens with one attached hydrogen (secondary N) is 1. The first-order valence-corrected chi connectivity index (χ1v) is 8.03. The van der Waals surface area contributed by atoms with Crippen LogP contribution in [0.5, 0.6) is 0 Å². The third-order valence-corrected chi connectivity index (χ3v) is 4.21. The van der Waals surface area contributed by atoms with Crippen LogP contribution in [0.25, 0.3) is 10.9 Å². The van der Waals surface area contributed by atoms with Gasteiger partial charge in [0.1, 0.15) is 10.7 Å². The fourth-order valence-electron chi connectivity index (χ4n) is 2.73. The first-order valence-electron chi connectivity index (χ1n) is 7.65. The summed E-state index contributed by atoms with van der Waals surface area (Å²) < 4.78 is 8.24. The Kier molecular flexibility index (Phi) is 4.50. The minimum absolute atomic E-state index is 0.108. The van der Waals surface area contributed by atoms with Crippen molar-refractivity contribution < 1.29 is 9.53 Å². The van der Waals surface area contributed by atoms with E-state index in [4.69, 9.17) is 16.3 Å². The number of carbonyl (C=O) groups is 1. The zero-order chi connectivity index (χ0) is 18.1. The zero-order valence-electron chi connectivity index (χ0n) is 14.0. The summed E-state index contributed by atoms with van der Waals surface area (Å²) in [5, 5.41) is 3.89. The number of fused-ring (bicyclic) bond motifs is 1. The Morgan fingerprint density at radius 3 is 2.84 bits per heavy atom. The summed E-state index contributed by atoms with van der Waals surface area (Å²) in [5.74, 6) is -0.544. The second-order valence-electron chi connectivity index (χ2n) is 5.49. The average Bonchev–Trinajstić information content (AvgIpc) is 2.91. The van der Waals surface area contributed by atoms with Gasteiger partial charge in [-0.1, -0.05) is 11.6 Å². The number of aryl methyl sites for hydroxylation is 2. The van der Waals surface area contributed by atoms with Gasteiger partial charge in [-0.25, -0.2) is 9.78 Å². The Morgan fingerprint density at radius 2 is 2.16 bits per heavy atom. The van der Waals surface area contributed by atoms with Crippen LogP contribution in [0.3, 0.4) is 0 Å². The van der Waals surface area contributed by atoms with E-state index in [9.17, 15) is 9.59 Å². The molecule has 0 atom stereocenters. The molecule has 0 fully saturated rings. The van der Waals surface area contributed by atoms with E-state index < -0.39 is 5.97 Å². The Labute approximate surface area is 148 Å². The highest BCUT2D eigenvalue weighted by Crippen LogP contribution is 2.28. The Balaban J connectivity index is 2.18. The maximum Gasteiger partial charge on any atom is 0.341 e. The number of rotatable bonds is 4. The van der Waals surface area contributed by atoms with E-state index in [2.05, 4.69) is 10.3 Å². The van der Waals surface area contributed by atoms with E-state index in [1.807, 2.05) is 24.6 Å². The lowest BCUT2D eigenvalue weighted by Gasteiger charge is -2.10. The van der Waals surface area contributed by atoms with Gasteiger partial charge < -0.3 is 19.2 Å². The van der Waals surface area contributed by atoms with Crippen molar-refractivity contribution in [1.82, 2.24) is 14.1 Å². The predicted octanol–water partition coefficient (Wildman–Crippen LogP) is 2.94. The van der Waals surface area contributed by atoms with Crippen LogP contribution >= 0.6 is 11.6 Å². The Hall–Kier alpha value is -2.80. The van der Waals surface area contributed by atoms with E-state index >= 15 is 0 Å². The van der Waals surface area contributed by atoms with Gasteiger partial charge in [-0.3, -0.25) is 4.79 Å². The summed E-state index contributed by atoms with van der Waals surface area (Å²) in [4.78, 5) is 28.6. The summed E-state index contributed by atoms with van der Waals surface area (Å²) in [5.41, 5.74) is 1.92. The monoisotopic (exact) mass is 360 g/mol. The van der Waals surface area contributed by atoms with Crippen LogP contribution in [-0.4, -0.2) is 27.2 Å². The summed E-state index contributed by atoms with van der Waals surface area (Å²) in [6.45, 7) is 2.47. The van der Waals surface area contributed by atoms with Crippen LogP contribution in [0.15, 0.2) is 35.5 Å². The molecule has 0 unspecified atom stereocenters. The normalized spacial score (nSPS) is 10.9. The molecule has 0 aliphatic heterocycles. The number of pyridine rings is 2. The van der Waals surface area contributed by atoms with E-state index in [1.54, 1.807) is 17.0 Å². The number of aromatic nitrogens is 3. The molecule has 3 aromatic rings. The van der Waals surface area contributed by atoms with Crippen molar-refractivity contribution in [3.05, 3.63) is 51.8 Å². The predicted molar refractivity (Wildman–Crippen MR) is 96.7 cm³/mol. The SMILES string of the molecule is CCn1ccc2c(c(Nc3cc(Cl)ncc3C(=O)OC)cn2C)c1=O. The molecule has 0 saturated heterocycles. The Morgan fingerprint density at radius 1 is 1.40 bits per heavy atom. The van der Waals surface area contributed by atoms with Crippen molar-refractivity contribution in [3.63, 3.8) is 0 Å². The zero-order valence-corrected chi connectivity index (χ0v) is 14.8. The fourth-order valence-corrected chi connectivity index (χ4v) is 2.89. The number of methoxy groups -OCH3 is 1. The number of carbonyl (C=O) groups excluding carboxylic acids is 1. The van der Waals surface area contributed by atoms with Crippen molar-refractivity contribution in [2.75, 3.05) is 12.4 Å². The van der Waals surface area contributed by atoms with E-state index in [-0.39, 0.29) is 16.3 Å². The maximum absolute atomic E-state index is 12.7. The number of ether oxygens (including phenoxy) is 1. The molecule has 0 aromatic carbocycles. The molecule has 1 N–H and O–H groups in total. The lowest BCUT2D eigenvalue weighted by Crippen LogP contribution is -2.18. The molecule has 0 spiro atoms. The first kappa shape index (κ1) is 17.0. The minimum atomic E-state index is -0.544. The average molecular weight is 361 g/mol. The van der Waals surface area contributed by atoms with Gasteiger partial charge in [0.05, 0.1) is 29.4 Å². The third-order valence-electron chi connectivity index (χ3n) is 4.00. The smallest absolute Gasteiger partial charge is 0.341 e. The summed E-state index contributed by atoms with van der Waals surface area (Å²) in [6.07, 6.45) is 4.89. The number of hydrogen-bond acceptors (Lipinski definition) is 5. The first-order chi connectivity index (χ1) is 12.0. The molecule has 7 nitrogen and oxygen atoms in total. The number of nitrogens with zero attached hydrogens (tertiary/aromatic N) is 3. The van der Waals surface area contributed by atoms with Crippen molar-refractivity contribution >= 4 is 39.8 Å². The summed E-state index contributed by atoms with van der Waals surface area (Å²) in [7, 11) is 3.14. The van der Waals surface area contributed by atoms with Crippen LogP contribution in [-0.2, 0) is 18.3 Å². The number of esters is 1. The van der Waals surface area contributed by atoms with Gasteiger partial charge in [0.2, 0.25) is 0 Å². The molecule has 3 aromatic heterocycles. The van der Waals surface area contributed by atoms with Gasteiger partial charge in [0, 0.05) is 32.2 Å². The van der Waals surface area contributed by atoms with Crippen molar-refractivity contribution in [2.45, 2.75) is 13.5 Å². The molecule has 3 heterocycles. The number of hydrogen-bond donors (Lipinski definition) is 1. The maximum atomic E-state index is 12.7. The minimum Gasteiger partial charge on any atom is -0.465 e. The second-order valence-corrected chi connectivity index (χ2v) is 5.88. The van der Waals surface area contributed by atoms with Crippen molar-refractivity contribution in [3.8, 4) is 0 Å². The van der Waals surface area contributed by atoms with Crippen LogP contribution < -0.4 is 10.9 Å². The molecular weight excluding hydrogens is 344 g/mol. The van der Waals surface area contributed by atoms with Gasteiger partial charge >= 0.3 is 5.97 Å². The molecule has 0 radical (unpaired) electrons. The van der Waals surface area contributed by atoms with Gasteiger partial charge in [-0.15, -0.1) is 0 Å². The van der Waals surface area contributed by atoms with Gasteiger partial charge in [-0.05, 0) is 19.1 Å². The molecule has 0 aliphatic carbocycles.